The van der Waals surface area contributed by atoms with Gasteiger partial charge in [0.1, 0.15) is 0 Å². The third-order valence-corrected chi connectivity index (χ3v) is 3.44. The molecule has 1 atom stereocenters. The van der Waals surface area contributed by atoms with E-state index in [1.54, 1.807) is 19.3 Å². The Hall–Kier alpha value is -2.70. The van der Waals surface area contributed by atoms with Gasteiger partial charge in [-0.05, 0) is 38.0 Å². The molecule has 0 fully saturated rings. The molecule has 0 aromatic carbocycles. The van der Waals surface area contributed by atoms with Gasteiger partial charge in [-0.1, -0.05) is 0 Å². The lowest BCUT2D eigenvalue weighted by molar-refractivity contribution is -0.121. The van der Waals surface area contributed by atoms with Crippen molar-refractivity contribution in [2.24, 2.45) is 0 Å². The van der Waals surface area contributed by atoms with Gasteiger partial charge in [-0.2, -0.15) is 0 Å². The zero-order valence-corrected chi connectivity index (χ0v) is 12.5. The zero-order valence-electron chi connectivity index (χ0n) is 12.5. The van der Waals surface area contributed by atoms with E-state index in [-0.39, 0.29) is 24.8 Å². The van der Waals surface area contributed by atoms with Crippen LogP contribution in [0.5, 0.6) is 0 Å². The van der Waals surface area contributed by atoms with E-state index in [1.807, 2.05) is 19.1 Å². The number of carbonyl (C=O) groups is 1. The molecule has 3 N–H and O–H groups in total. The Balaban J connectivity index is 1.96. The summed E-state index contributed by atoms with van der Waals surface area (Å²) in [4.78, 5) is 43.4. The van der Waals surface area contributed by atoms with Crippen molar-refractivity contribution in [3.8, 4) is 0 Å². The van der Waals surface area contributed by atoms with Gasteiger partial charge in [0.2, 0.25) is 5.91 Å². The SMILES string of the molecule is Cc1[nH]c(=O)[nH]c(=O)c1CCC(=O)NC(C)c1ccncc1. The highest BCUT2D eigenvalue weighted by atomic mass is 16.2. The summed E-state index contributed by atoms with van der Waals surface area (Å²) < 4.78 is 0. The standard InChI is InChI=1S/C15H18N4O3/c1-9(11-5-7-16-8-6-11)17-13(20)4-3-12-10(2)18-15(22)19-14(12)21/h5-9H,3-4H2,1-2H3,(H,17,20)(H2,18,19,21,22). The fourth-order valence-corrected chi connectivity index (χ4v) is 2.21. The molecule has 0 aliphatic heterocycles. The Bertz CT molecular complexity index is 764. The van der Waals surface area contributed by atoms with E-state index in [9.17, 15) is 14.4 Å². The van der Waals surface area contributed by atoms with Gasteiger partial charge in [0.05, 0.1) is 6.04 Å². The van der Waals surface area contributed by atoms with Crippen LogP contribution in [0.2, 0.25) is 0 Å². The highest BCUT2D eigenvalue weighted by molar-refractivity contribution is 5.76. The van der Waals surface area contributed by atoms with Crippen molar-refractivity contribution in [3.63, 3.8) is 0 Å². The van der Waals surface area contributed by atoms with Gasteiger partial charge in [-0.3, -0.25) is 19.6 Å². The third-order valence-electron chi connectivity index (χ3n) is 3.44. The molecule has 0 saturated carbocycles. The van der Waals surface area contributed by atoms with Crippen molar-refractivity contribution in [3.05, 3.63) is 62.2 Å². The molecule has 7 nitrogen and oxygen atoms in total. The summed E-state index contributed by atoms with van der Waals surface area (Å²) in [6.07, 6.45) is 3.78. The van der Waals surface area contributed by atoms with Crippen molar-refractivity contribution < 1.29 is 4.79 Å². The van der Waals surface area contributed by atoms with E-state index in [0.29, 0.717) is 11.3 Å². The highest BCUT2D eigenvalue weighted by Gasteiger charge is 2.12. The number of nitrogens with zero attached hydrogens (tertiary/aromatic N) is 1. The molecule has 116 valence electrons. The number of aryl methyl sites for hydroxylation is 1. The van der Waals surface area contributed by atoms with E-state index in [2.05, 4.69) is 20.3 Å². The Morgan fingerprint density at radius 2 is 1.95 bits per heavy atom. The van der Waals surface area contributed by atoms with Gasteiger partial charge in [0.15, 0.2) is 0 Å². The number of aromatic amines is 2. The Labute approximate surface area is 126 Å². The van der Waals surface area contributed by atoms with Crippen LogP contribution in [0.1, 0.15) is 36.2 Å². The summed E-state index contributed by atoms with van der Waals surface area (Å²) in [5, 5.41) is 2.87. The zero-order chi connectivity index (χ0) is 16.1. The van der Waals surface area contributed by atoms with Crippen molar-refractivity contribution in [2.75, 3.05) is 0 Å². The van der Waals surface area contributed by atoms with E-state index in [4.69, 9.17) is 0 Å². The second-order valence-electron chi connectivity index (χ2n) is 5.08. The molecule has 2 aromatic heterocycles. The van der Waals surface area contributed by atoms with E-state index < -0.39 is 11.2 Å². The maximum Gasteiger partial charge on any atom is 0.325 e. The molecule has 2 aromatic rings. The lowest BCUT2D eigenvalue weighted by Gasteiger charge is -2.14. The Morgan fingerprint density at radius 3 is 2.59 bits per heavy atom. The molecule has 2 rings (SSSR count). The lowest BCUT2D eigenvalue weighted by Crippen LogP contribution is -2.30. The number of amides is 1. The largest absolute Gasteiger partial charge is 0.350 e. The number of aromatic nitrogens is 3. The monoisotopic (exact) mass is 302 g/mol. The molecule has 2 heterocycles. The number of hydrogen-bond donors (Lipinski definition) is 3. The van der Waals surface area contributed by atoms with Crippen LogP contribution in [-0.4, -0.2) is 20.9 Å². The maximum atomic E-state index is 12.0. The number of H-pyrrole nitrogens is 2. The maximum absolute atomic E-state index is 12.0. The summed E-state index contributed by atoms with van der Waals surface area (Å²) in [7, 11) is 0. The van der Waals surface area contributed by atoms with Gasteiger partial charge >= 0.3 is 5.69 Å². The predicted molar refractivity (Wildman–Crippen MR) is 81.5 cm³/mol. The van der Waals surface area contributed by atoms with Crippen molar-refractivity contribution >= 4 is 5.91 Å². The molecule has 22 heavy (non-hydrogen) atoms. The third kappa shape index (κ3) is 3.91. The van der Waals surface area contributed by atoms with Crippen molar-refractivity contribution in [1.82, 2.24) is 20.3 Å². The molecule has 0 bridgehead atoms. The average Bonchev–Trinajstić information content (AvgIpc) is 2.47. The second kappa shape index (κ2) is 6.84. The fraction of sp³-hybridized carbons (Fsp3) is 0.333. The van der Waals surface area contributed by atoms with E-state index in [0.717, 1.165) is 5.56 Å². The number of carbonyl (C=O) groups excluding carboxylic acids is 1. The van der Waals surface area contributed by atoms with Crippen LogP contribution in [0.15, 0.2) is 34.1 Å². The van der Waals surface area contributed by atoms with Crippen molar-refractivity contribution in [2.45, 2.75) is 32.7 Å². The van der Waals surface area contributed by atoms with Crippen LogP contribution in [0.3, 0.4) is 0 Å². The molecular formula is C15H18N4O3. The van der Waals surface area contributed by atoms with E-state index in [1.165, 1.54) is 0 Å². The van der Waals surface area contributed by atoms with Gasteiger partial charge in [0.25, 0.3) is 5.56 Å². The van der Waals surface area contributed by atoms with Crippen LogP contribution in [0.25, 0.3) is 0 Å². The number of hydrogen-bond acceptors (Lipinski definition) is 4. The topological polar surface area (TPSA) is 108 Å². The Kier molecular flexibility index (Phi) is 4.88. The summed E-state index contributed by atoms with van der Waals surface area (Å²) in [5.74, 6) is -0.158. The Morgan fingerprint density at radius 1 is 1.27 bits per heavy atom. The van der Waals surface area contributed by atoms with Gasteiger partial charge in [-0.25, -0.2) is 4.79 Å². The minimum atomic E-state index is -0.540. The summed E-state index contributed by atoms with van der Waals surface area (Å²) in [6.45, 7) is 3.52. The first kappa shape index (κ1) is 15.7. The molecule has 1 unspecified atom stereocenters. The summed E-state index contributed by atoms with van der Waals surface area (Å²) >= 11 is 0. The molecule has 0 saturated heterocycles. The van der Waals surface area contributed by atoms with Gasteiger partial charge in [0, 0.05) is 30.1 Å². The fourth-order valence-electron chi connectivity index (χ4n) is 2.21. The number of nitrogens with one attached hydrogen (secondary N) is 3. The van der Waals surface area contributed by atoms with Gasteiger partial charge in [-0.15, -0.1) is 0 Å². The quantitative estimate of drug-likeness (QED) is 0.750. The van der Waals surface area contributed by atoms with Gasteiger partial charge < -0.3 is 10.3 Å². The van der Waals surface area contributed by atoms with Crippen LogP contribution >= 0.6 is 0 Å². The number of rotatable bonds is 5. The van der Waals surface area contributed by atoms with Crippen LogP contribution < -0.4 is 16.6 Å². The molecular weight excluding hydrogens is 284 g/mol. The van der Waals surface area contributed by atoms with Crippen LogP contribution in [0, 0.1) is 6.92 Å². The lowest BCUT2D eigenvalue weighted by atomic mass is 10.1. The first-order valence-corrected chi connectivity index (χ1v) is 6.98. The summed E-state index contributed by atoms with van der Waals surface area (Å²) in [6, 6.07) is 3.54. The molecule has 0 radical (unpaired) electrons. The molecule has 0 aliphatic carbocycles. The summed E-state index contributed by atoms with van der Waals surface area (Å²) in [5.41, 5.74) is 0.884. The number of pyridine rings is 1. The minimum absolute atomic E-state index is 0.134. The van der Waals surface area contributed by atoms with Crippen molar-refractivity contribution in [1.29, 1.82) is 0 Å². The first-order valence-electron chi connectivity index (χ1n) is 6.98. The normalized spacial score (nSPS) is 11.9. The molecule has 0 aliphatic rings. The second-order valence-corrected chi connectivity index (χ2v) is 5.08. The average molecular weight is 302 g/mol. The molecule has 1 amide bonds. The smallest absolute Gasteiger partial charge is 0.325 e. The van der Waals surface area contributed by atoms with Crippen LogP contribution in [0.4, 0.5) is 0 Å². The molecule has 7 heteroatoms. The predicted octanol–water partition coefficient (Wildman–Crippen LogP) is 0.577. The van der Waals surface area contributed by atoms with Crippen LogP contribution in [-0.2, 0) is 11.2 Å². The molecule has 0 spiro atoms. The van der Waals surface area contributed by atoms with E-state index >= 15 is 0 Å². The highest BCUT2D eigenvalue weighted by Crippen LogP contribution is 2.10. The minimum Gasteiger partial charge on any atom is -0.350 e. The first-order chi connectivity index (χ1) is 10.5.